The van der Waals surface area contributed by atoms with Crippen molar-refractivity contribution in [3.8, 4) is 11.4 Å². The second-order valence-electron chi connectivity index (χ2n) is 12.8. The topological polar surface area (TPSA) is 189 Å². The Bertz CT molecular complexity index is 2920. The Kier molecular flexibility index (Phi) is 10.3. The number of aryl methyl sites for hydroxylation is 2. The second-order valence-corrected chi connectivity index (χ2v) is 13.6. The fraction of sp³-hybridized carbons (Fsp3) is 0.105. The van der Waals surface area contributed by atoms with Crippen molar-refractivity contribution in [2.45, 2.75) is 13.1 Å². The van der Waals surface area contributed by atoms with Crippen LogP contribution in [0.3, 0.4) is 0 Å². The van der Waals surface area contributed by atoms with E-state index in [-0.39, 0.29) is 5.59 Å². The van der Waals surface area contributed by atoms with Gasteiger partial charge in [-0.2, -0.15) is 0 Å². The quantitative estimate of drug-likeness (QED) is 0.229. The van der Waals surface area contributed by atoms with Crippen molar-refractivity contribution in [1.29, 1.82) is 0 Å². The van der Waals surface area contributed by atoms with Crippen LogP contribution in [0.1, 0.15) is 11.1 Å². The summed E-state index contributed by atoms with van der Waals surface area (Å²) in [7, 11) is 2.25. The normalized spacial score (nSPS) is 11.1. The second kappa shape index (κ2) is 15.9. The lowest BCUT2D eigenvalue weighted by Gasteiger charge is -2.05. The molecule has 2 N–H and O–H groups in total. The van der Waals surface area contributed by atoms with E-state index in [1.54, 1.807) is 35.8 Å². The summed E-state index contributed by atoms with van der Waals surface area (Å²) in [6.07, 6.45) is 10.9. The number of fused-ring (bicyclic) bond motifs is 4. The summed E-state index contributed by atoms with van der Waals surface area (Å²) in [6.45, 7) is 1.08. The van der Waals surface area contributed by atoms with Gasteiger partial charge in [0, 0.05) is 49.7 Å². The molecule has 2 aromatic carbocycles. The van der Waals surface area contributed by atoms with E-state index >= 15 is 0 Å². The number of pyridine rings is 4. The van der Waals surface area contributed by atoms with E-state index in [4.69, 9.17) is 4.98 Å². The smallest absolute Gasteiger partial charge is 0.422 e. The molecule has 0 radical (unpaired) electrons. The molecule has 0 saturated heterocycles. The highest BCUT2D eigenvalue weighted by Gasteiger charge is 2.16. The lowest BCUT2D eigenvalue weighted by atomic mass is 9.86. The first-order valence-electron chi connectivity index (χ1n) is 17.3. The van der Waals surface area contributed by atoms with Crippen LogP contribution >= 0.6 is 15.9 Å². The highest BCUT2D eigenvalue weighted by molar-refractivity contribution is 9.10. The Labute approximate surface area is 327 Å². The van der Waals surface area contributed by atoms with Gasteiger partial charge in [0.2, 0.25) is 0 Å². The standard InChI is InChI=1S/C19H15N7.C15H12BN5O2.C4H5BrN2/c1-25-11-18(21-12-25)16-6-7-17-19(22-16)26(24-23-17)10-13-4-5-15-14(9-13)3-2-8-20-15;22-16(23)14-6-5-13-15(18-14)21(20-19-13)9-10-3-4-12-11(8-10)2-1-7-17-12;1-7-2-4(5)6-3-7/h2-9,11-12H,10H2,1H3;1-8,22-23H,9H2;2-3H,1H3. The largest absolute Gasteiger partial charge is 0.508 e. The van der Waals surface area contributed by atoms with Gasteiger partial charge < -0.3 is 19.2 Å². The van der Waals surface area contributed by atoms with Gasteiger partial charge in [-0.1, -0.05) is 34.7 Å². The van der Waals surface area contributed by atoms with E-state index in [1.807, 2.05) is 94.9 Å². The van der Waals surface area contributed by atoms with Gasteiger partial charge in [0.15, 0.2) is 11.3 Å². The molecule has 0 unspecified atom stereocenters. The number of hydrogen-bond acceptors (Lipinski definition) is 12. The summed E-state index contributed by atoms with van der Waals surface area (Å²) >= 11 is 3.20. The van der Waals surface area contributed by atoms with E-state index < -0.39 is 7.12 Å². The molecule has 0 bridgehead atoms. The predicted molar refractivity (Wildman–Crippen MR) is 215 cm³/mol. The number of benzene rings is 2. The zero-order valence-electron chi connectivity index (χ0n) is 30.1. The van der Waals surface area contributed by atoms with Crippen LogP contribution in [0.4, 0.5) is 0 Å². The van der Waals surface area contributed by atoms with E-state index in [2.05, 4.69) is 79.7 Å². The maximum absolute atomic E-state index is 9.26. The lowest BCUT2D eigenvalue weighted by Crippen LogP contribution is -2.32. The van der Waals surface area contributed by atoms with Crippen molar-refractivity contribution < 1.29 is 10.0 Å². The molecule has 8 heterocycles. The molecule has 8 aromatic heterocycles. The van der Waals surface area contributed by atoms with Gasteiger partial charge in [0.25, 0.3) is 0 Å². The highest BCUT2D eigenvalue weighted by atomic mass is 79.9. The molecule has 0 aliphatic rings. The zero-order valence-corrected chi connectivity index (χ0v) is 31.7. The van der Waals surface area contributed by atoms with Gasteiger partial charge in [-0.3, -0.25) is 9.97 Å². The molecule has 0 saturated carbocycles. The molecule has 0 atom stereocenters. The first-order chi connectivity index (χ1) is 27.3. The van der Waals surface area contributed by atoms with Crippen LogP contribution in [-0.2, 0) is 27.2 Å². The molecule has 18 heteroatoms. The molecule has 56 heavy (non-hydrogen) atoms. The lowest BCUT2D eigenvalue weighted by molar-refractivity contribution is 0.424. The van der Waals surface area contributed by atoms with Crippen LogP contribution in [0, 0.1) is 0 Å². The highest BCUT2D eigenvalue weighted by Crippen LogP contribution is 2.20. The van der Waals surface area contributed by atoms with Crippen molar-refractivity contribution in [1.82, 2.24) is 69.0 Å². The molecule has 10 aromatic rings. The third-order valence-corrected chi connectivity index (χ3v) is 9.05. The maximum atomic E-state index is 9.26. The number of halogens is 1. The molecule has 0 aliphatic carbocycles. The van der Waals surface area contributed by atoms with Crippen molar-refractivity contribution >= 4 is 72.8 Å². The minimum Gasteiger partial charge on any atom is -0.422 e. The van der Waals surface area contributed by atoms with E-state index in [9.17, 15) is 10.0 Å². The van der Waals surface area contributed by atoms with Gasteiger partial charge in [-0.05, 0) is 87.7 Å². The molecule has 0 aliphatic heterocycles. The molecular weight excluding hydrogens is 775 g/mol. The summed E-state index contributed by atoms with van der Waals surface area (Å²) in [4.78, 5) is 25.9. The van der Waals surface area contributed by atoms with Gasteiger partial charge in [-0.25, -0.2) is 29.3 Å². The zero-order chi connectivity index (χ0) is 38.6. The van der Waals surface area contributed by atoms with Crippen molar-refractivity contribution in [2.24, 2.45) is 14.1 Å². The van der Waals surface area contributed by atoms with Crippen LogP contribution < -0.4 is 5.59 Å². The third kappa shape index (κ3) is 8.16. The fourth-order valence-electron chi connectivity index (χ4n) is 5.94. The van der Waals surface area contributed by atoms with Gasteiger partial charge in [-0.15, -0.1) is 10.2 Å². The Morgan fingerprint density at radius 2 is 1.14 bits per heavy atom. The summed E-state index contributed by atoms with van der Waals surface area (Å²) in [5.41, 5.74) is 8.53. The summed E-state index contributed by atoms with van der Waals surface area (Å²) in [5, 5.41) is 37.3. The van der Waals surface area contributed by atoms with Crippen molar-refractivity contribution in [3.63, 3.8) is 0 Å². The summed E-state index contributed by atoms with van der Waals surface area (Å²) in [5.74, 6) is 0. The van der Waals surface area contributed by atoms with Crippen LogP contribution in [0.5, 0.6) is 0 Å². The molecular formula is C38H32BBrN14O2. The Morgan fingerprint density at radius 1 is 0.589 bits per heavy atom. The molecule has 0 amide bonds. The maximum Gasteiger partial charge on any atom is 0.508 e. The Balaban J connectivity index is 0.000000135. The first kappa shape index (κ1) is 36.2. The van der Waals surface area contributed by atoms with Gasteiger partial charge >= 0.3 is 7.12 Å². The molecule has 0 fully saturated rings. The minimum atomic E-state index is -1.62. The van der Waals surface area contributed by atoms with E-state index in [0.717, 1.165) is 60.1 Å². The minimum absolute atomic E-state index is 0.170. The SMILES string of the molecule is Cn1cnc(-c2ccc3nnn(Cc4ccc5ncccc5c4)c3n2)c1.Cn1cnc(Br)c1.OB(O)c1ccc2nnn(Cc3ccc4ncccc4c3)c2n1. The molecule has 276 valence electrons. The average Bonchev–Trinajstić information content (AvgIpc) is 4.02. The number of imidazole rings is 2. The van der Waals surface area contributed by atoms with Crippen LogP contribution in [0.2, 0.25) is 0 Å². The third-order valence-electron chi connectivity index (χ3n) is 8.65. The monoisotopic (exact) mass is 806 g/mol. The Morgan fingerprint density at radius 3 is 1.66 bits per heavy atom. The summed E-state index contributed by atoms with van der Waals surface area (Å²) < 4.78 is 8.12. The van der Waals surface area contributed by atoms with Gasteiger partial charge in [0.1, 0.15) is 21.3 Å². The van der Waals surface area contributed by atoms with Crippen molar-refractivity contribution in [3.05, 3.63) is 138 Å². The molecule has 16 nitrogen and oxygen atoms in total. The van der Waals surface area contributed by atoms with Gasteiger partial charge in [0.05, 0.1) is 48.1 Å². The van der Waals surface area contributed by atoms with Crippen LogP contribution in [0.15, 0.2) is 127 Å². The number of nitrogens with zero attached hydrogens (tertiary/aromatic N) is 14. The average molecular weight is 807 g/mol. The van der Waals surface area contributed by atoms with E-state index in [0.29, 0.717) is 24.3 Å². The summed E-state index contributed by atoms with van der Waals surface area (Å²) in [6, 6.07) is 27.1. The van der Waals surface area contributed by atoms with Crippen LogP contribution in [-0.4, -0.2) is 86.2 Å². The fourth-order valence-corrected chi connectivity index (χ4v) is 6.35. The number of rotatable bonds is 6. The number of hydrogen-bond donors (Lipinski definition) is 2. The van der Waals surface area contributed by atoms with E-state index in [1.165, 1.54) is 6.07 Å². The molecule has 10 rings (SSSR count). The molecule has 0 spiro atoms. The predicted octanol–water partition coefficient (Wildman–Crippen LogP) is 4.11. The first-order valence-corrected chi connectivity index (χ1v) is 18.1. The number of aromatic nitrogens is 14. The van der Waals surface area contributed by atoms with Crippen LogP contribution in [0.25, 0.3) is 55.5 Å². The Hall–Kier alpha value is -6.76. The van der Waals surface area contributed by atoms with Crippen molar-refractivity contribution in [2.75, 3.05) is 0 Å².